The molecule has 2 aliphatic carbocycles. The number of furan rings is 1. The summed E-state index contributed by atoms with van der Waals surface area (Å²) in [5.41, 5.74) is 5.34. The van der Waals surface area contributed by atoms with Crippen molar-refractivity contribution in [1.82, 2.24) is 4.90 Å². The van der Waals surface area contributed by atoms with Crippen molar-refractivity contribution in [3.8, 4) is 0 Å². The Bertz CT molecular complexity index is 1010. The molecule has 1 aromatic heterocycles. The van der Waals surface area contributed by atoms with Crippen molar-refractivity contribution < 1.29 is 27.8 Å². The summed E-state index contributed by atoms with van der Waals surface area (Å²) in [4.78, 5) is 19.3. The zero-order chi connectivity index (χ0) is 21.5. The summed E-state index contributed by atoms with van der Waals surface area (Å²) in [6, 6.07) is 12.4. The Balaban J connectivity index is 0.000000220. The Morgan fingerprint density at radius 3 is 2.24 bits per heavy atom. The first-order valence-electron chi connectivity index (χ1n) is 11.7. The second kappa shape index (κ2) is 9.99. The van der Waals surface area contributed by atoms with E-state index in [2.05, 4.69) is 49.3 Å². The smallest absolute Gasteiger partial charge is 0.468 e. The predicted molar refractivity (Wildman–Crippen MR) is 129 cm³/mol. The van der Waals surface area contributed by atoms with Crippen molar-refractivity contribution in [1.29, 1.82) is 0 Å². The van der Waals surface area contributed by atoms with Crippen LogP contribution in [-0.4, -0.2) is 23.6 Å². The molecule has 2 aromatic rings. The van der Waals surface area contributed by atoms with Crippen molar-refractivity contribution in [3.63, 3.8) is 0 Å². The molecule has 2 saturated carbocycles. The van der Waals surface area contributed by atoms with Crippen LogP contribution < -0.4 is 0 Å². The number of aryl methyl sites for hydroxylation is 2. The van der Waals surface area contributed by atoms with Crippen LogP contribution in [0.2, 0.25) is 0 Å². The molecule has 0 N–H and O–H groups in total. The molecule has 0 atom stereocenters. The summed E-state index contributed by atoms with van der Waals surface area (Å²) >= 11 is 0. The molecule has 0 bridgehead atoms. The third-order valence-corrected chi connectivity index (χ3v) is 7.32. The van der Waals surface area contributed by atoms with Crippen LogP contribution in [0.3, 0.4) is 0 Å². The minimum Gasteiger partial charge on any atom is -0.468 e. The van der Waals surface area contributed by atoms with Crippen molar-refractivity contribution in [2.75, 3.05) is 6.54 Å². The number of rotatable bonds is 4. The fourth-order valence-electron chi connectivity index (χ4n) is 5.03. The molecule has 173 valence electrons. The molecule has 0 unspecified atom stereocenters. The quantitative estimate of drug-likeness (QED) is 0.497. The van der Waals surface area contributed by atoms with Crippen molar-refractivity contribution in [3.05, 3.63) is 84.8 Å². The maximum Gasteiger partial charge on any atom is 2.00 e. The molecule has 4 aliphatic rings. The summed E-state index contributed by atoms with van der Waals surface area (Å²) in [5.74, 6) is 0.991. The van der Waals surface area contributed by atoms with Gasteiger partial charge in [0.1, 0.15) is 11.2 Å². The van der Waals surface area contributed by atoms with Crippen LogP contribution >= 0.6 is 0 Å². The van der Waals surface area contributed by atoms with E-state index in [1.54, 1.807) is 6.26 Å². The first-order chi connectivity index (χ1) is 15.1. The van der Waals surface area contributed by atoms with Gasteiger partial charge in [0.25, 0.3) is 0 Å². The summed E-state index contributed by atoms with van der Waals surface area (Å²) in [7, 11) is 0. The van der Waals surface area contributed by atoms with Crippen molar-refractivity contribution in [2.45, 2.75) is 64.2 Å². The number of carbonyl (C=O) groups excluding carboxylic acids is 1. The fourth-order valence-corrected chi connectivity index (χ4v) is 5.03. The first kappa shape index (κ1) is 25.5. The van der Waals surface area contributed by atoms with Gasteiger partial charge in [0.15, 0.2) is 0 Å². The van der Waals surface area contributed by atoms with E-state index >= 15 is 0 Å². The molecule has 3 heterocycles. The maximum absolute atomic E-state index is 12.9. The molecular weight excluding hydrogens is 447 g/mol. The number of benzene rings is 1. The monoisotopic (exact) mass is 481 g/mol. The largest absolute Gasteiger partial charge is 2.00 e. The second-order valence-electron chi connectivity index (χ2n) is 9.19. The molecule has 1 amide bonds. The minimum absolute atomic E-state index is 0. The average molecular weight is 482 g/mol. The van der Waals surface area contributed by atoms with E-state index in [1.807, 2.05) is 23.6 Å². The van der Waals surface area contributed by atoms with Gasteiger partial charge in [0.2, 0.25) is 5.91 Å². The Kier molecular flexibility index (Phi) is 7.71. The summed E-state index contributed by atoms with van der Waals surface area (Å²) in [5, 5.41) is 0. The first-order valence-corrected chi connectivity index (χ1v) is 11.7. The Morgan fingerprint density at radius 2 is 1.73 bits per heavy atom. The zero-order valence-electron chi connectivity index (χ0n) is 20.0. The Morgan fingerprint density at radius 1 is 1.06 bits per heavy atom. The van der Waals surface area contributed by atoms with Crippen LogP contribution in [0.1, 0.15) is 62.8 Å². The molecule has 4 nitrogen and oxygen atoms in total. The van der Waals surface area contributed by atoms with E-state index in [9.17, 15) is 4.79 Å². The van der Waals surface area contributed by atoms with Gasteiger partial charge >= 0.3 is 18.6 Å². The number of amides is 1. The van der Waals surface area contributed by atoms with Crippen molar-refractivity contribution >= 4 is 12.1 Å². The van der Waals surface area contributed by atoms with Crippen LogP contribution in [0.5, 0.6) is 0 Å². The summed E-state index contributed by atoms with van der Waals surface area (Å²) < 4.78 is 5.50. The summed E-state index contributed by atoms with van der Waals surface area (Å²) in [6.07, 6.45) is 11.3. The number of nitrogens with zero attached hydrogens (tertiary/aromatic N) is 2. The van der Waals surface area contributed by atoms with Crippen LogP contribution in [0, 0.1) is 19.4 Å². The van der Waals surface area contributed by atoms with Crippen LogP contribution in [0.4, 0.5) is 0 Å². The topological polar surface area (TPSA) is 45.8 Å². The average Bonchev–Trinajstić information content (AvgIpc) is 3.70. The Labute approximate surface area is 210 Å². The minimum atomic E-state index is -0.405. The Hall–Kier alpha value is -2.17. The molecule has 33 heavy (non-hydrogen) atoms. The van der Waals surface area contributed by atoms with Crippen LogP contribution in [-0.2, 0) is 41.6 Å². The zero-order valence-corrected chi connectivity index (χ0v) is 21.4. The number of aliphatic imine (C=N–C) groups is 1. The van der Waals surface area contributed by atoms with Crippen LogP contribution in [0.25, 0.3) is 0 Å². The molecular formula is C28H34N2O2V. The van der Waals surface area contributed by atoms with Gasteiger partial charge in [-0.25, -0.2) is 0 Å². The van der Waals surface area contributed by atoms with E-state index in [-0.39, 0.29) is 37.3 Å². The van der Waals surface area contributed by atoms with Gasteiger partial charge in [0.05, 0.1) is 6.26 Å². The van der Waals surface area contributed by atoms with E-state index in [0.717, 1.165) is 50.1 Å². The van der Waals surface area contributed by atoms with E-state index in [0.29, 0.717) is 0 Å². The molecule has 1 spiro atoms. The molecule has 5 heteroatoms. The third kappa shape index (κ3) is 4.61. The fraction of sp³-hybridized carbons (Fsp3) is 0.429. The van der Waals surface area contributed by atoms with Gasteiger partial charge in [-0.1, -0.05) is 63.1 Å². The van der Waals surface area contributed by atoms with E-state index in [4.69, 9.17) is 4.42 Å². The van der Waals surface area contributed by atoms with Gasteiger partial charge in [-0.15, -0.1) is 6.54 Å². The van der Waals surface area contributed by atoms with Crippen LogP contribution in [0.15, 0.2) is 63.3 Å². The van der Waals surface area contributed by atoms with E-state index < -0.39 is 5.41 Å². The third-order valence-electron chi connectivity index (χ3n) is 7.32. The number of fused-ring (bicyclic) bond motifs is 1. The molecule has 0 saturated heterocycles. The molecule has 2 fully saturated rings. The molecule has 2 aliphatic heterocycles. The summed E-state index contributed by atoms with van der Waals surface area (Å²) in [6.45, 7) is 7.15. The molecule has 1 radical (unpaired) electrons. The SMILES string of the molecule is CCc1ccccc1CC.O=C(N1[CH-]C2=C(CC1)C1(C=N2)CC1)C1(c2ccco2)CC1.[CH3-].[V+2]. The number of hydrogen-bond donors (Lipinski definition) is 0. The van der Waals surface area contributed by atoms with Gasteiger partial charge < -0.3 is 16.7 Å². The number of hydrogen-bond acceptors (Lipinski definition) is 3. The van der Waals surface area contributed by atoms with E-state index in [1.165, 1.54) is 29.5 Å². The van der Waals surface area contributed by atoms with Gasteiger partial charge in [-0.3, -0.25) is 9.79 Å². The standard InChI is InChI=1S/C17H17N2O2.C10H14.CH3.V/c20-15(17(6-7-17)14-2-1-9-21-14)19-8-3-12-13(10-19)18-11-16(12)4-5-16;1-3-9-7-5-6-8-10(9)4-2;;/h1-2,9-11H,3-8H2;5-8H,3-4H2,1-2H3;1H3;/q-1;;-1;+2. The van der Waals surface area contributed by atoms with Gasteiger partial charge in [-0.05, 0) is 67.1 Å². The predicted octanol–water partition coefficient (Wildman–Crippen LogP) is 6.08. The molecule has 6 rings (SSSR count). The van der Waals surface area contributed by atoms with Gasteiger partial charge in [-0.2, -0.15) is 5.57 Å². The molecule has 1 aromatic carbocycles. The second-order valence-corrected chi connectivity index (χ2v) is 9.19. The van der Waals surface area contributed by atoms with Gasteiger partial charge in [0, 0.05) is 0 Å². The maximum atomic E-state index is 12.9. The number of carbonyl (C=O) groups is 1. The normalized spacial score (nSPS) is 20.0. The van der Waals surface area contributed by atoms with Crippen molar-refractivity contribution in [2.24, 2.45) is 10.4 Å².